The number of aromatic nitrogens is 1. The first kappa shape index (κ1) is 15.7. The van der Waals surface area contributed by atoms with Gasteiger partial charge >= 0.3 is 6.18 Å². The first-order chi connectivity index (χ1) is 8.97. The average Bonchev–Trinajstić information content (AvgIpc) is 2.78. The molecule has 0 amide bonds. The van der Waals surface area contributed by atoms with Gasteiger partial charge in [-0.15, -0.1) is 11.3 Å². The van der Waals surface area contributed by atoms with Crippen molar-refractivity contribution < 1.29 is 13.2 Å². The zero-order chi connectivity index (χ0) is 14.3. The van der Waals surface area contributed by atoms with Crippen molar-refractivity contribution >= 4 is 17.3 Å². The Morgan fingerprint density at radius 3 is 2.42 bits per heavy atom. The van der Waals surface area contributed by atoms with E-state index in [0.717, 1.165) is 29.8 Å². The molecule has 1 rings (SSSR count). The molecule has 0 bridgehead atoms. The van der Waals surface area contributed by atoms with Crippen molar-refractivity contribution in [2.24, 2.45) is 4.99 Å². The van der Waals surface area contributed by atoms with E-state index >= 15 is 0 Å². The van der Waals surface area contributed by atoms with Gasteiger partial charge in [0.2, 0.25) is 0 Å². The van der Waals surface area contributed by atoms with Crippen LogP contribution in [0.2, 0.25) is 0 Å². The van der Waals surface area contributed by atoms with Crippen LogP contribution >= 0.6 is 11.3 Å². The van der Waals surface area contributed by atoms with Crippen LogP contribution in [-0.4, -0.2) is 30.6 Å². The lowest BCUT2D eigenvalue weighted by Gasteiger charge is -2.08. The Bertz CT molecular complexity index is 406. The van der Waals surface area contributed by atoms with Gasteiger partial charge in [-0.3, -0.25) is 4.99 Å². The summed E-state index contributed by atoms with van der Waals surface area (Å²) in [5.41, 5.74) is -0.824. The minimum atomic E-state index is -4.36. The summed E-state index contributed by atoms with van der Waals surface area (Å²) in [5.74, 6) is 0.664. The van der Waals surface area contributed by atoms with E-state index in [0.29, 0.717) is 23.9 Å². The predicted molar refractivity (Wildman–Crippen MR) is 70.5 cm³/mol. The summed E-state index contributed by atoms with van der Waals surface area (Å²) in [4.78, 5) is 7.80. The second kappa shape index (κ2) is 7.32. The van der Waals surface area contributed by atoms with Gasteiger partial charge in [0.25, 0.3) is 0 Å². The van der Waals surface area contributed by atoms with Crippen LogP contribution in [0.3, 0.4) is 0 Å². The van der Waals surface area contributed by atoms with Crippen molar-refractivity contribution in [2.45, 2.75) is 26.4 Å². The van der Waals surface area contributed by atoms with Gasteiger partial charge in [0, 0.05) is 31.4 Å². The molecule has 0 aromatic carbocycles. The maximum absolute atomic E-state index is 12.3. The summed E-state index contributed by atoms with van der Waals surface area (Å²) >= 11 is 1.01. The minimum Gasteiger partial charge on any atom is -0.357 e. The molecule has 0 fully saturated rings. The summed E-state index contributed by atoms with van der Waals surface area (Å²) in [6, 6.07) is 0. The maximum atomic E-state index is 12.3. The number of nitrogens with one attached hydrogen (secondary N) is 2. The van der Waals surface area contributed by atoms with Gasteiger partial charge in [-0.1, -0.05) is 0 Å². The summed E-state index contributed by atoms with van der Waals surface area (Å²) in [5, 5.41) is 7.57. The molecule has 0 saturated heterocycles. The van der Waals surface area contributed by atoms with E-state index in [4.69, 9.17) is 0 Å². The maximum Gasteiger partial charge on any atom is 0.434 e. The Morgan fingerprint density at radius 2 is 1.95 bits per heavy atom. The highest BCUT2D eigenvalue weighted by molar-refractivity contribution is 7.09. The van der Waals surface area contributed by atoms with Gasteiger partial charge in [0.1, 0.15) is 0 Å². The molecule has 0 saturated carbocycles. The van der Waals surface area contributed by atoms with E-state index in [1.165, 1.54) is 0 Å². The molecule has 2 N–H and O–H groups in total. The molecule has 0 unspecified atom stereocenters. The topological polar surface area (TPSA) is 49.3 Å². The molecule has 0 aliphatic rings. The molecule has 0 aliphatic heterocycles. The average molecular weight is 294 g/mol. The quantitative estimate of drug-likeness (QED) is 0.647. The van der Waals surface area contributed by atoms with E-state index < -0.39 is 11.9 Å². The first-order valence-electron chi connectivity index (χ1n) is 6.01. The normalized spacial score (nSPS) is 11.2. The summed E-state index contributed by atoms with van der Waals surface area (Å²) in [6.45, 7) is 5.77. The van der Waals surface area contributed by atoms with Crippen LogP contribution in [0.25, 0.3) is 0 Å². The van der Waals surface area contributed by atoms with E-state index in [-0.39, 0.29) is 0 Å². The highest BCUT2D eigenvalue weighted by Crippen LogP contribution is 2.30. The second-order valence-electron chi connectivity index (χ2n) is 3.67. The minimum absolute atomic E-state index is 0.403. The van der Waals surface area contributed by atoms with Gasteiger partial charge in [-0.05, 0) is 13.8 Å². The van der Waals surface area contributed by atoms with Crippen LogP contribution < -0.4 is 10.6 Å². The van der Waals surface area contributed by atoms with Crippen molar-refractivity contribution in [2.75, 3.05) is 19.6 Å². The smallest absolute Gasteiger partial charge is 0.357 e. The van der Waals surface area contributed by atoms with Crippen LogP contribution in [0.1, 0.15) is 24.5 Å². The van der Waals surface area contributed by atoms with Crippen LogP contribution in [0, 0.1) is 0 Å². The zero-order valence-corrected chi connectivity index (χ0v) is 11.7. The molecule has 0 atom stereocenters. The fraction of sp³-hybridized carbons (Fsp3) is 0.636. The first-order valence-corrected chi connectivity index (χ1v) is 6.89. The Balaban J connectivity index is 2.52. The number of guanidine groups is 1. The predicted octanol–water partition coefficient (Wildman–Crippen LogP) is 2.28. The van der Waals surface area contributed by atoms with E-state index in [1.807, 2.05) is 13.8 Å². The van der Waals surface area contributed by atoms with E-state index in [9.17, 15) is 13.2 Å². The summed E-state index contributed by atoms with van der Waals surface area (Å²) in [6.07, 6.45) is -3.96. The standard InChI is InChI=1S/C11H17F3N4S/c1-3-15-10(16-4-2)17-6-5-9-18-8(7-19-9)11(12,13)14/h7H,3-6H2,1-2H3,(H2,15,16,17). The highest BCUT2D eigenvalue weighted by atomic mass is 32.1. The van der Waals surface area contributed by atoms with Gasteiger partial charge in [-0.25, -0.2) is 4.98 Å². The number of rotatable bonds is 5. The molecule has 0 aliphatic carbocycles. The number of hydrogen-bond donors (Lipinski definition) is 2. The van der Waals surface area contributed by atoms with Gasteiger partial charge in [0.15, 0.2) is 11.7 Å². The summed E-state index contributed by atoms with van der Waals surface area (Å²) < 4.78 is 37.0. The lowest BCUT2D eigenvalue weighted by atomic mass is 10.4. The Kier molecular flexibility index (Phi) is 6.07. The van der Waals surface area contributed by atoms with Gasteiger partial charge < -0.3 is 10.6 Å². The van der Waals surface area contributed by atoms with Crippen LogP contribution in [-0.2, 0) is 12.6 Å². The number of thiazole rings is 1. The summed E-state index contributed by atoms with van der Waals surface area (Å²) in [7, 11) is 0. The Labute approximate surface area is 114 Å². The number of aliphatic imine (C=N–C) groups is 1. The third-order valence-corrected chi connectivity index (χ3v) is 3.03. The van der Waals surface area contributed by atoms with Crippen molar-refractivity contribution in [3.05, 3.63) is 16.1 Å². The molecule has 1 heterocycles. The number of halogens is 3. The van der Waals surface area contributed by atoms with Gasteiger partial charge in [0.05, 0.1) is 5.01 Å². The van der Waals surface area contributed by atoms with Crippen molar-refractivity contribution in [3.8, 4) is 0 Å². The fourth-order valence-corrected chi connectivity index (χ4v) is 2.12. The SMILES string of the molecule is CCNC(=NCCc1nc(C(F)(F)F)cs1)NCC. The van der Waals surface area contributed by atoms with E-state index in [1.54, 1.807) is 0 Å². The van der Waals surface area contributed by atoms with Crippen molar-refractivity contribution in [1.29, 1.82) is 0 Å². The Hall–Kier alpha value is -1.31. The van der Waals surface area contributed by atoms with E-state index in [2.05, 4.69) is 20.6 Å². The molecule has 1 aromatic rings. The molecular weight excluding hydrogens is 277 g/mol. The molecule has 0 spiro atoms. The third kappa shape index (κ3) is 5.46. The fourth-order valence-electron chi connectivity index (χ4n) is 1.33. The Morgan fingerprint density at radius 1 is 1.32 bits per heavy atom. The molecular formula is C11H17F3N4S. The largest absolute Gasteiger partial charge is 0.434 e. The van der Waals surface area contributed by atoms with Crippen LogP contribution in [0.15, 0.2) is 10.4 Å². The lowest BCUT2D eigenvalue weighted by molar-refractivity contribution is -0.140. The highest BCUT2D eigenvalue weighted by Gasteiger charge is 2.33. The monoisotopic (exact) mass is 294 g/mol. The molecule has 1 aromatic heterocycles. The third-order valence-electron chi connectivity index (χ3n) is 2.13. The lowest BCUT2D eigenvalue weighted by Crippen LogP contribution is -2.37. The van der Waals surface area contributed by atoms with Crippen LogP contribution in [0.5, 0.6) is 0 Å². The number of nitrogens with zero attached hydrogens (tertiary/aromatic N) is 2. The molecule has 8 heteroatoms. The van der Waals surface area contributed by atoms with Crippen LogP contribution in [0.4, 0.5) is 13.2 Å². The second-order valence-corrected chi connectivity index (χ2v) is 4.61. The van der Waals surface area contributed by atoms with Gasteiger partial charge in [-0.2, -0.15) is 13.2 Å². The zero-order valence-electron chi connectivity index (χ0n) is 10.8. The number of alkyl halides is 3. The number of hydrogen-bond acceptors (Lipinski definition) is 3. The molecule has 19 heavy (non-hydrogen) atoms. The van der Waals surface area contributed by atoms with Crippen molar-refractivity contribution in [3.63, 3.8) is 0 Å². The van der Waals surface area contributed by atoms with Crippen molar-refractivity contribution in [1.82, 2.24) is 15.6 Å². The molecule has 0 radical (unpaired) electrons. The molecule has 108 valence electrons. The molecule has 4 nitrogen and oxygen atoms in total.